The topological polar surface area (TPSA) is 3.24 Å². The van der Waals surface area contributed by atoms with Crippen LogP contribution in [0.25, 0.3) is 53.6 Å². The molecule has 9 rings (SSSR count). The van der Waals surface area contributed by atoms with Gasteiger partial charge in [-0.25, -0.2) is 0 Å². The molecule has 0 bridgehead atoms. The zero-order valence-corrected chi connectivity index (χ0v) is 27.3. The first-order valence-electron chi connectivity index (χ1n) is 16.3. The summed E-state index contributed by atoms with van der Waals surface area (Å²) in [6.45, 7) is 4.69. The second kappa shape index (κ2) is 10.8. The molecular weight excluding hydrogens is 587 g/mol. The Morgan fingerprint density at radius 2 is 1.04 bits per heavy atom. The van der Waals surface area contributed by atoms with Gasteiger partial charge in [0.2, 0.25) is 0 Å². The van der Waals surface area contributed by atoms with Crippen molar-refractivity contribution in [2.75, 3.05) is 4.90 Å². The highest BCUT2D eigenvalue weighted by Crippen LogP contribution is 2.51. The first kappa shape index (κ1) is 27.8. The van der Waals surface area contributed by atoms with Crippen molar-refractivity contribution in [1.82, 2.24) is 0 Å². The maximum Gasteiger partial charge on any atom is 0.0468 e. The second-order valence-electron chi connectivity index (χ2n) is 13.0. The highest BCUT2D eigenvalue weighted by molar-refractivity contribution is 7.26. The number of anilines is 3. The standard InChI is InChI=1S/C45H33NS/c1-45(2)41-20-8-6-16-37(41)40-29-35(26-27-42(40)45)46(33-24-22-31(23-25-33)30-12-4-3-5-13-30)34-15-10-14-32(28-34)36-18-11-19-39-38-17-7-9-21-43(38)47-44(36)39/h3-29H,1-2H3. The molecular formula is C45H33NS. The molecule has 1 aliphatic carbocycles. The molecule has 1 aliphatic rings. The van der Waals surface area contributed by atoms with Crippen molar-refractivity contribution in [1.29, 1.82) is 0 Å². The Balaban J connectivity index is 1.21. The monoisotopic (exact) mass is 619 g/mol. The summed E-state index contributed by atoms with van der Waals surface area (Å²) < 4.78 is 2.66. The van der Waals surface area contributed by atoms with Gasteiger partial charge >= 0.3 is 0 Å². The van der Waals surface area contributed by atoms with Gasteiger partial charge in [-0.05, 0) is 87.0 Å². The fourth-order valence-electron chi connectivity index (χ4n) is 7.52. The van der Waals surface area contributed by atoms with Gasteiger partial charge in [0.15, 0.2) is 0 Å². The average Bonchev–Trinajstić information content (AvgIpc) is 3.61. The van der Waals surface area contributed by atoms with Gasteiger partial charge in [0.05, 0.1) is 0 Å². The van der Waals surface area contributed by atoms with Crippen LogP contribution in [-0.4, -0.2) is 0 Å². The molecule has 0 unspecified atom stereocenters. The zero-order valence-electron chi connectivity index (χ0n) is 26.4. The summed E-state index contributed by atoms with van der Waals surface area (Å²) in [5.41, 5.74) is 13.7. The van der Waals surface area contributed by atoms with E-state index in [0.717, 1.165) is 17.1 Å². The van der Waals surface area contributed by atoms with Crippen LogP contribution in [0, 0.1) is 0 Å². The Bertz CT molecular complexity index is 2430. The van der Waals surface area contributed by atoms with Crippen LogP contribution in [0.15, 0.2) is 164 Å². The lowest BCUT2D eigenvalue weighted by atomic mass is 9.82. The van der Waals surface area contributed by atoms with Crippen molar-refractivity contribution in [3.8, 4) is 33.4 Å². The van der Waals surface area contributed by atoms with Crippen LogP contribution in [0.4, 0.5) is 17.1 Å². The summed E-state index contributed by atoms with van der Waals surface area (Å²) in [6.07, 6.45) is 0. The van der Waals surface area contributed by atoms with E-state index in [2.05, 4.69) is 183 Å². The molecule has 0 saturated carbocycles. The van der Waals surface area contributed by atoms with Gasteiger partial charge in [0, 0.05) is 42.6 Å². The average molecular weight is 620 g/mol. The number of rotatable bonds is 5. The largest absolute Gasteiger partial charge is 0.310 e. The smallest absolute Gasteiger partial charge is 0.0468 e. The molecule has 0 amide bonds. The van der Waals surface area contributed by atoms with Crippen LogP contribution in [0.2, 0.25) is 0 Å². The van der Waals surface area contributed by atoms with E-state index in [9.17, 15) is 0 Å². The number of fused-ring (bicyclic) bond motifs is 6. The Kier molecular flexibility index (Phi) is 6.41. The molecule has 8 aromatic rings. The Morgan fingerprint density at radius 1 is 0.426 bits per heavy atom. The van der Waals surface area contributed by atoms with Gasteiger partial charge in [-0.1, -0.05) is 135 Å². The third-order valence-electron chi connectivity index (χ3n) is 9.88. The molecule has 0 fully saturated rings. The Morgan fingerprint density at radius 3 is 1.91 bits per heavy atom. The lowest BCUT2D eigenvalue weighted by Gasteiger charge is -2.28. The van der Waals surface area contributed by atoms with Gasteiger partial charge < -0.3 is 4.90 Å². The molecule has 0 radical (unpaired) electrons. The fraction of sp³-hybridized carbons (Fsp3) is 0.0667. The number of benzene rings is 7. The molecule has 7 aromatic carbocycles. The first-order chi connectivity index (χ1) is 23.1. The Hall–Kier alpha value is -5.44. The third kappa shape index (κ3) is 4.52. The van der Waals surface area contributed by atoms with Gasteiger partial charge in [0.25, 0.3) is 0 Å². The fourth-order valence-corrected chi connectivity index (χ4v) is 8.75. The van der Waals surface area contributed by atoms with E-state index >= 15 is 0 Å². The molecule has 0 spiro atoms. The highest BCUT2D eigenvalue weighted by atomic mass is 32.1. The van der Waals surface area contributed by atoms with Crippen LogP contribution in [0.1, 0.15) is 25.0 Å². The van der Waals surface area contributed by atoms with E-state index in [-0.39, 0.29) is 5.41 Å². The van der Waals surface area contributed by atoms with Crippen molar-refractivity contribution in [3.63, 3.8) is 0 Å². The highest BCUT2D eigenvalue weighted by Gasteiger charge is 2.35. The number of hydrogen-bond donors (Lipinski definition) is 0. The summed E-state index contributed by atoms with van der Waals surface area (Å²) in [7, 11) is 0. The minimum atomic E-state index is -0.0323. The summed E-state index contributed by atoms with van der Waals surface area (Å²) >= 11 is 1.88. The second-order valence-corrected chi connectivity index (χ2v) is 14.0. The number of nitrogens with zero attached hydrogens (tertiary/aromatic N) is 1. The van der Waals surface area contributed by atoms with Crippen LogP contribution in [0.3, 0.4) is 0 Å². The predicted molar refractivity (Wildman–Crippen MR) is 202 cm³/mol. The van der Waals surface area contributed by atoms with Gasteiger partial charge in [-0.15, -0.1) is 11.3 Å². The van der Waals surface area contributed by atoms with E-state index in [1.165, 1.54) is 64.7 Å². The van der Waals surface area contributed by atoms with E-state index in [1.54, 1.807) is 0 Å². The van der Waals surface area contributed by atoms with Gasteiger partial charge in [-0.3, -0.25) is 0 Å². The molecule has 47 heavy (non-hydrogen) atoms. The summed E-state index contributed by atoms with van der Waals surface area (Å²) in [4.78, 5) is 2.41. The van der Waals surface area contributed by atoms with Crippen molar-refractivity contribution in [3.05, 3.63) is 175 Å². The number of thiophene rings is 1. The lowest BCUT2D eigenvalue weighted by Crippen LogP contribution is -2.15. The molecule has 0 aliphatic heterocycles. The van der Waals surface area contributed by atoms with Gasteiger partial charge in [-0.2, -0.15) is 0 Å². The van der Waals surface area contributed by atoms with E-state index in [4.69, 9.17) is 0 Å². The SMILES string of the molecule is CC1(C)c2ccccc2-c2cc(N(c3ccc(-c4ccccc4)cc3)c3cccc(-c4cccc5c4sc4ccccc45)c3)ccc21. The van der Waals surface area contributed by atoms with Crippen LogP contribution in [0.5, 0.6) is 0 Å². The molecule has 2 heteroatoms. The van der Waals surface area contributed by atoms with E-state index in [1.807, 2.05) is 11.3 Å². The molecule has 0 atom stereocenters. The van der Waals surface area contributed by atoms with Gasteiger partial charge in [0.1, 0.15) is 0 Å². The first-order valence-corrected chi connectivity index (χ1v) is 17.1. The molecule has 1 heterocycles. The zero-order chi connectivity index (χ0) is 31.5. The minimum absolute atomic E-state index is 0.0323. The minimum Gasteiger partial charge on any atom is -0.310 e. The normalized spacial score (nSPS) is 13.1. The molecule has 1 aromatic heterocycles. The molecule has 1 nitrogen and oxygen atoms in total. The van der Waals surface area contributed by atoms with Crippen LogP contribution < -0.4 is 4.90 Å². The predicted octanol–water partition coefficient (Wildman–Crippen LogP) is 13.2. The maximum atomic E-state index is 2.41. The summed E-state index contributed by atoms with van der Waals surface area (Å²) in [5, 5.41) is 2.65. The van der Waals surface area contributed by atoms with E-state index in [0.29, 0.717) is 0 Å². The Labute approximate surface area is 280 Å². The lowest BCUT2D eigenvalue weighted by molar-refractivity contribution is 0.660. The summed E-state index contributed by atoms with van der Waals surface area (Å²) in [6, 6.07) is 60.0. The third-order valence-corrected chi connectivity index (χ3v) is 11.1. The quantitative estimate of drug-likeness (QED) is 0.185. The number of hydrogen-bond acceptors (Lipinski definition) is 2. The molecule has 0 N–H and O–H groups in total. The van der Waals surface area contributed by atoms with Crippen molar-refractivity contribution in [2.45, 2.75) is 19.3 Å². The van der Waals surface area contributed by atoms with Crippen molar-refractivity contribution in [2.24, 2.45) is 0 Å². The molecule has 0 saturated heterocycles. The van der Waals surface area contributed by atoms with Crippen LogP contribution >= 0.6 is 11.3 Å². The maximum absolute atomic E-state index is 2.41. The van der Waals surface area contributed by atoms with E-state index < -0.39 is 0 Å². The van der Waals surface area contributed by atoms with Crippen molar-refractivity contribution >= 4 is 48.6 Å². The van der Waals surface area contributed by atoms with Crippen molar-refractivity contribution < 1.29 is 0 Å². The summed E-state index contributed by atoms with van der Waals surface area (Å²) in [5.74, 6) is 0. The van der Waals surface area contributed by atoms with Crippen LogP contribution in [-0.2, 0) is 5.41 Å². The molecule has 224 valence electrons.